The summed E-state index contributed by atoms with van der Waals surface area (Å²) in [6.07, 6.45) is 8.11. The molecule has 2 fully saturated rings. The van der Waals surface area contributed by atoms with Crippen LogP contribution in [0, 0.1) is 0 Å². The lowest BCUT2D eigenvalue weighted by atomic mass is 10.1. The minimum Gasteiger partial charge on any atom is -0.370 e. The standard InChI is InChI=1S/C15H29N3O2.HI/c1-3-12(2)18-14(16)17-10-13-11-19-15(20-13)8-6-4-5-7-9-15;/h12-13H,3-11H2,1-2H3,(H3,16,17,18);1H. The molecule has 1 aliphatic heterocycles. The molecule has 124 valence electrons. The molecule has 1 aliphatic carbocycles. The summed E-state index contributed by atoms with van der Waals surface area (Å²) < 4.78 is 12.1. The quantitative estimate of drug-likeness (QED) is 0.424. The van der Waals surface area contributed by atoms with Crippen molar-refractivity contribution < 1.29 is 9.47 Å². The minimum absolute atomic E-state index is 0. The minimum atomic E-state index is -0.324. The molecule has 1 saturated carbocycles. The predicted molar refractivity (Wildman–Crippen MR) is 96.1 cm³/mol. The third kappa shape index (κ3) is 5.90. The fourth-order valence-electron chi connectivity index (χ4n) is 2.84. The Morgan fingerprint density at radius 1 is 1.33 bits per heavy atom. The molecule has 1 heterocycles. The van der Waals surface area contributed by atoms with E-state index in [0.717, 1.165) is 19.3 Å². The van der Waals surface area contributed by atoms with Crippen molar-refractivity contribution in [1.29, 1.82) is 0 Å². The van der Waals surface area contributed by atoms with E-state index in [9.17, 15) is 0 Å². The summed E-state index contributed by atoms with van der Waals surface area (Å²) in [5.74, 6) is 0.181. The summed E-state index contributed by atoms with van der Waals surface area (Å²) in [6.45, 7) is 5.43. The molecule has 1 saturated heterocycles. The van der Waals surface area contributed by atoms with Crippen LogP contribution in [-0.2, 0) is 9.47 Å². The zero-order chi connectivity index (χ0) is 14.4. The number of nitrogens with two attached hydrogens (primary N) is 1. The lowest BCUT2D eigenvalue weighted by Gasteiger charge is -2.26. The molecule has 2 aliphatic rings. The SMILES string of the molecule is CCC(C)NC(N)=NCC1COC2(CCCCCC2)O1.I. The summed E-state index contributed by atoms with van der Waals surface area (Å²) in [7, 11) is 0. The highest BCUT2D eigenvalue weighted by Crippen LogP contribution is 2.36. The number of hydrogen-bond donors (Lipinski definition) is 2. The molecular weight excluding hydrogens is 381 g/mol. The van der Waals surface area contributed by atoms with Gasteiger partial charge < -0.3 is 20.5 Å². The second kappa shape index (κ2) is 9.15. The van der Waals surface area contributed by atoms with Crippen molar-refractivity contribution in [1.82, 2.24) is 5.32 Å². The van der Waals surface area contributed by atoms with Gasteiger partial charge >= 0.3 is 0 Å². The van der Waals surface area contributed by atoms with Crippen molar-refractivity contribution >= 4 is 29.9 Å². The van der Waals surface area contributed by atoms with Crippen molar-refractivity contribution in [2.24, 2.45) is 10.7 Å². The number of ether oxygens (including phenoxy) is 2. The number of halogens is 1. The molecule has 1 spiro atoms. The molecule has 5 nitrogen and oxygen atoms in total. The molecule has 0 aromatic rings. The van der Waals surface area contributed by atoms with Gasteiger partial charge in [-0.05, 0) is 26.2 Å². The summed E-state index contributed by atoms with van der Waals surface area (Å²) in [4.78, 5) is 4.37. The van der Waals surface area contributed by atoms with Gasteiger partial charge in [-0.15, -0.1) is 24.0 Å². The van der Waals surface area contributed by atoms with E-state index in [1.807, 2.05) is 0 Å². The van der Waals surface area contributed by atoms with Crippen LogP contribution in [0.25, 0.3) is 0 Å². The van der Waals surface area contributed by atoms with Crippen molar-refractivity contribution in [3.63, 3.8) is 0 Å². The molecule has 21 heavy (non-hydrogen) atoms. The van der Waals surface area contributed by atoms with Crippen molar-refractivity contribution in [3.05, 3.63) is 0 Å². The van der Waals surface area contributed by atoms with Gasteiger partial charge in [0, 0.05) is 18.9 Å². The Labute approximate surface area is 145 Å². The van der Waals surface area contributed by atoms with Gasteiger partial charge in [-0.25, -0.2) is 0 Å². The number of guanidine groups is 1. The first kappa shape index (κ1) is 19.0. The van der Waals surface area contributed by atoms with Crippen LogP contribution in [0.2, 0.25) is 0 Å². The summed E-state index contributed by atoms with van der Waals surface area (Å²) in [6, 6.07) is 0.354. The molecule has 6 heteroatoms. The van der Waals surface area contributed by atoms with Gasteiger partial charge in [0.1, 0.15) is 6.10 Å². The van der Waals surface area contributed by atoms with Gasteiger partial charge in [-0.3, -0.25) is 4.99 Å². The average Bonchev–Trinajstić information content (AvgIpc) is 2.69. The molecule has 0 aromatic carbocycles. The average molecular weight is 411 g/mol. The first-order valence-electron chi connectivity index (χ1n) is 8.02. The Hall–Kier alpha value is -0.0800. The van der Waals surface area contributed by atoms with Crippen LogP contribution in [0.4, 0.5) is 0 Å². The Balaban J connectivity index is 0.00000220. The third-order valence-corrected chi connectivity index (χ3v) is 4.25. The maximum Gasteiger partial charge on any atom is 0.188 e. The van der Waals surface area contributed by atoms with Crippen LogP contribution < -0.4 is 11.1 Å². The lowest BCUT2D eigenvalue weighted by molar-refractivity contribution is -0.174. The number of hydrogen-bond acceptors (Lipinski definition) is 3. The second-order valence-electron chi connectivity index (χ2n) is 6.06. The molecule has 3 N–H and O–H groups in total. The number of nitrogens with one attached hydrogen (secondary N) is 1. The topological polar surface area (TPSA) is 68.9 Å². The van der Waals surface area contributed by atoms with Crippen molar-refractivity contribution in [3.8, 4) is 0 Å². The normalized spacial score (nSPS) is 27.0. The fraction of sp³-hybridized carbons (Fsp3) is 0.933. The van der Waals surface area contributed by atoms with Crippen LogP contribution in [0.5, 0.6) is 0 Å². The summed E-state index contributed by atoms with van der Waals surface area (Å²) in [5.41, 5.74) is 5.87. The number of aliphatic imine (C=N–C) groups is 1. The third-order valence-electron chi connectivity index (χ3n) is 4.25. The van der Waals surface area contributed by atoms with Gasteiger partial charge in [0.15, 0.2) is 11.7 Å². The number of nitrogens with zero attached hydrogens (tertiary/aromatic N) is 1. The van der Waals surface area contributed by atoms with Crippen LogP contribution >= 0.6 is 24.0 Å². The zero-order valence-electron chi connectivity index (χ0n) is 13.3. The molecule has 2 rings (SSSR count). The first-order valence-corrected chi connectivity index (χ1v) is 8.02. The zero-order valence-corrected chi connectivity index (χ0v) is 15.6. The van der Waals surface area contributed by atoms with E-state index in [0.29, 0.717) is 25.2 Å². The van der Waals surface area contributed by atoms with Gasteiger partial charge in [-0.1, -0.05) is 19.8 Å². The van der Waals surface area contributed by atoms with E-state index in [-0.39, 0.29) is 35.9 Å². The van der Waals surface area contributed by atoms with Gasteiger partial charge in [0.05, 0.1) is 13.2 Å². The van der Waals surface area contributed by atoms with Gasteiger partial charge in [0.2, 0.25) is 0 Å². The Morgan fingerprint density at radius 3 is 2.62 bits per heavy atom. The Morgan fingerprint density at radius 2 is 2.00 bits per heavy atom. The Bertz CT molecular complexity index is 331. The molecule has 2 atom stereocenters. The monoisotopic (exact) mass is 411 g/mol. The van der Waals surface area contributed by atoms with Crippen LogP contribution in [0.1, 0.15) is 58.8 Å². The highest BCUT2D eigenvalue weighted by Gasteiger charge is 2.41. The first-order chi connectivity index (χ1) is 9.63. The van der Waals surface area contributed by atoms with Crippen molar-refractivity contribution in [2.75, 3.05) is 13.2 Å². The fourth-order valence-corrected chi connectivity index (χ4v) is 2.84. The summed E-state index contributed by atoms with van der Waals surface area (Å²) >= 11 is 0. The van der Waals surface area contributed by atoms with Crippen LogP contribution in [0.3, 0.4) is 0 Å². The van der Waals surface area contributed by atoms with Crippen LogP contribution in [-0.4, -0.2) is 37.0 Å². The lowest BCUT2D eigenvalue weighted by Crippen LogP contribution is -2.38. The van der Waals surface area contributed by atoms with Crippen molar-refractivity contribution in [2.45, 2.75) is 76.7 Å². The highest BCUT2D eigenvalue weighted by atomic mass is 127. The largest absolute Gasteiger partial charge is 0.370 e. The smallest absolute Gasteiger partial charge is 0.188 e. The maximum absolute atomic E-state index is 6.14. The van der Waals surface area contributed by atoms with E-state index in [4.69, 9.17) is 15.2 Å². The van der Waals surface area contributed by atoms with Crippen LogP contribution in [0.15, 0.2) is 4.99 Å². The summed E-state index contributed by atoms with van der Waals surface area (Å²) in [5, 5.41) is 3.17. The van der Waals surface area contributed by atoms with E-state index in [1.54, 1.807) is 0 Å². The molecule has 0 radical (unpaired) electrons. The number of rotatable bonds is 4. The molecule has 0 aromatic heterocycles. The van der Waals surface area contributed by atoms with E-state index < -0.39 is 0 Å². The van der Waals surface area contributed by atoms with E-state index >= 15 is 0 Å². The van der Waals surface area contributed by atoms with E-state index in [2.05, 4.69) is 24.2 Å². The predicted octanol–water partition coefficient (Wildman–Crippen LogP) is 2.77. The Kier molecular flexibility index (Phi) is 8.26. The molecule has 0 amide bonds. The van der Waals surface area contributed by atoms with E-state index in [1.165, 1.54) is 25.7 Å². The second-order valence-corrected chi connectivity index (χ2v) is 6.06. The van der Waals surface area contributed by atoms with Gasteiger partial charge in [0.25, 0.3) is 0 Å². The van der Waals surface area contributed by atoms with Gasteiger partial charge in [-0.2, -0.15) is 0 Å². The molecule has 0 bridgehead atoms. The highest BCUT2D eigenvalue weighted by molar-refractivity contribution is 14.0. The maximum atomic E-state index is 6.14. The molecular formula is C15H30IN3O2. The molecule has 2 unspecified atom stereocenters.